The zero-order valence-corrected chi connectivity index (χ0v) is 15.2. The van der Waals surface area contributed by atoms with Crippen LogP contribution in [0, 0.1) is 0 Å². The molecule has 8 heteroatoms. The van der Waals surface area contributed by atoms with Crippen LogP contribution in [0.4, 0.5) is 0 Å². The molecule has 0 aliphatic heterocycles. The van der Waals surface area contributed by atoms with E-state index >= 15 is 0 Å². The van der Waals surface area contributed by atoms with Gasteiger partial charge >= 0.3 is 0 Å². The molecule has 19 heavy (non-hydrogen) atoms. The van der Waals surface area contributed by atoms with Crippen LogP contribution >= 0.6 is 24.0 Å². The molecule has 116 valence electrons. The number of hydrogen-bond donors (Lipinski definition) is 3. The van der Waals surface area contributed by atoms with Crippen molar-refractivity contribution in [3.8, 4) is 0 Å². The van der Waals surface area contributed by atoms with Crippen LogP contribution in [0.25, 0.3) is 0 Å². The fraction of sp³-hybridized carbons (Fsp3) is 0.909. The molecule has 0 saturated carbocycles. The van der Waals surface area contributed by atoms with Gasteiger partial charge in [-0.3, -0.25) is 4.99 Å². The van der Waals surface area contributed by atoms with Crippen LogP contribution in [-0.2, 0) is 10.0 Å². The van der Waals surface area contributed by atoms with Crippen LogP contribution in [0.1, 0.15) is 33.1 Å². The minimum Gasteiger partial charge on any atom is -0.356 e. The monoisotopic (exact) mass is 406 g/mol. The Kier molecular flexibility index (Phi) is 14.4. The van der Waals surface area contributed by atoms with Gasteiger partial charge in [-0.1, -0.05) is 13.3 Å². The summed E-state index contributed by atoms with van der Waals surface area (Å²) in [5.74, 6) is 0.891. The van der Waals surface area contributed by atoms with Gasteiger partial charge in [0.1, 0.15) is 0 Å². The van der Waals surface area contributed by atoms with Gasteiger partial charge in [0.15, 0.2) is 5.96 Å². The van der Waals surface area contributed by atoms with E-state index in [9.17, 15) is 8.42 Å². The first kappa shape index (κ1) is 21.2. The molecular formula is C11H27IN4O2S. The van der Waals surface area contributed by atoms with Gasteiger partial charge < -0.3 is 10.6 Å². The van der Waals surface area contributed by atoms with Crippen molar-refractivity contribution in [2.45, 2.75) is 33.1 Å². The third kappa shape index (κ3) is 12.7. The molecule has 0 aromatic carbocycles. The van der Waals surface area contributed by atoms with Gasteiger partial charge in [0.25, 0.3) is 0 Å². The first-order valence-electron chi connectivity index (χ1n) is 6.47. The van der Waals surface area contributed by atoms with Crippen LogP contribution in [0.2, 0.25) is 0 Å². The highest BCUT2D eigenvalue weighted by Crippen LogP contribution is 1.84. The van der Waals surface area contributed by atoms with E-state index in [0.29, 0.717) is 13.1 Å². The summed E-state index contributed by atoms with van der Waals surface area (Å²) in [5, 5.41) is 6.33. The normalized spacial score (nSPS) is 11.8. The summed E-state index contributed by atoms with van der Waals surface area (Å²) in [4.78, 5) is 4.08. The number of sulfonamides is 1. The number of guanidine groups is 1. The van der Waals surface area contributed by atoms with Gasteiger partial charge in [-0.25, -0.2) is 13.1 Å². The fourth-order valence-corrected chi connectivity index (χ4v) is 1.89. The second-order valence-corrected chi connectivity index (χ2v) is 6.03. The van der Waals surface area contributed by atoms with Crippen LogP contribution in [0.5, 0.6) is 0 Å². The molecule has 0 aromatic heterocycles. The lowest BCUT2D eigenvalue weighted by Crippen LogP contribution is -2.39. The number of hydrogen-bond acceptors (Lipinski definition) is 3. The summed E-state index contributed by atoms with van der Waals surface area (Å²) in [7, 11) is -1.34. The van der Waals surface area contributed by atoms with E-state index < -0.39 is 10.0 Å². The lowest BCUT2D eigenvalue weighted by molar-refractivity contribution is 0.579. The Labute approximate surface area is 134 Å². The van der Waals surface area contributed by atoms with Crippen LogP contribution in [0.15, 0.2) is 4.99 Å². The summed E-state index contributed by atoms with van der Waals surface area (Å²) in [6.07, 6.45) is 2.98. The molecule has 0 aliphatic carbocycles. The summed E-state index contributed by atoms with van der Waals surface area (Å²) in [6.45, 7) is 5.81. The fourth-order valence-electron chi connectivity index (χ4n) is 1.23. The molecule has 0 atom stereocenters. The summed E-state index contributed by atoms with van der Waals surface area (Å²) < 4.78 is 24.8. The van der Waals surface area contributed by atoms with E-state index in [1.165, 1.54) is 0 Å². The van der Waals surface area contributed by atoms with Crippen molar-refractivity contribution in [2.24, 2.45) is 4.99 Å². The number of unbranched alkanes of at least 4 members (excludes halogenated alkanes) is 1. The Morgan fingerprint density at radius 3 is 2.11 bits per heavy atom. The molecule has 0 saturated heterocycles. The van der Waals surface area contributed by atoms with Crippen molar-refractivity contribution in [1.29, 1.82) is 0 Å². The minimum absolute atomic E-state index is 0. The topological polar surface area (TPSA) is 82.6 Å². The average Bonchev–Trinajstić information content (AvgIpc) is 2.36. The SMILES string of the molecule is CCCCNC(=NC)NCCCNS(=O)(=O)CC.I. The number of rotatable bonds is 9. The van der Waals surface area contributed by atoms with Gasteiger partial charge in [0.2, 0.25) is 10.0 Å². The van der Waals surface area contributed by atoms with Crippen molar-refractivity contribution in [3.63, 3.8) is 0 Å². The second kappa shape index (κ2) is 12.9. The highest BCUT2D eigenvalue weighted by Gasteiger charge is 2.04. The Morgan fingerprint density at radius 2 is 1.63 bits per heavy atom. The average molecular weight is 406 g/mol. The predicted molar refractivity (Wildman–Crippen MR) is 91.8 cm³/mol. The van der Waals surface area contributed by atoms with Crippen molar-refractivity contribution < 1.29 is 8.42 Å². The maximum absolute atomic E-state index is 11.2. The van der Waals surface area contributed by atoms with Gasteiger partial charge in [-0.2, -0.15) is 0 Å². The zero-order valence-electron chi connectivity index (χ0n) is 12.0. The molecule has 6 nitrogen and oxygen atoms in total. The molecule has 0 amide bonds. The maximum atomic E-state index is 11.2. The first-order chi connectivity index (χ1) is 8.55. The largest absolute Gasteiger partial charge is 0.356 e. The molecule has 0 bridgehead atoms. The Morgan fingerprint density at radius 1 is 1.05 bits per heavy atom. The highest BCUT2D eigenvalue weighted by atomic mass is 127. The van der Waals surface area contributed by atoms with Gasteiger partial charge in [0.05, 0.1) is 5.75 Å². The molecule has 0 fully saturated rings. The smallest absolute Gasteiger partial charge is 0.211 e. The van der Waals surface area contributed by atoms with E-state index in [2.05, 4.69) is 27.3 Å². The molecule has 0 heterocycles. The van der Waals surface area contributed by atoms with Gasteiger partial charge in [-0.05, 0) is 19.8 Å². The minimum atomic E-state index is -3.07. The maximum Gasteiger partial charge on any atom is 0.211 e. The van der Waals surface area contributed by atoms with Crippen LogP contribution < -0.4 is 15.4 Å². The third-order valence-electron chi connectivity index (χ3n) is 2.39. The van der Waals surface area contributed by atoms with Gasteiger partial charge in [0, 0.05) is 26.7 Å². The standard InChI is InChI=1S/C11H26N4O2S.HI/c1-4-6-8-13-11(12-3)14-9-7-10-15-18(16,17)5-2;/h15H,4-10H2,1-3H3,(H2,12,13,14);1H. The van der Waals surface area contributed by atoms with Crippen LogP contribution in [-0.4, -0.2) is 46.8 Å². The Bertz CT molecular complexity index is 334. The van der Waals surface area contributed by atoms with Crippen molar-refractivity contribution in [2.75, 3.05) is 32.4 Å². The molecule has 0 aliphatic rings. The number of halogens is 1. The summed E-state index contributed by atoms with van der Waals surface area (Å²) in [6, 6.07) is 0. The summed E-state index contributed by atoms with van der Waals surface area (Å²) in [5.41, 5.74) is 0. The lowest BCUT2D eigenvalue weighted by Gasteiger charge is -2.11. The molecule has 3 N–H and O–H groups in total. The number of nitrogens with zero attached hydrogens (tertiary/aromatic N) is 1. The van der Waals surface area contributed by atoms with Crippen molar-refractivity contribution in [1.82, 2.24) is 15.4 Å². The van der Waals surface area contributed by atoms with Crippen LogP contribution in [0.3, 0.4) is 0 Å². The molecular weight excluding hydrogens is 379 g/mol. The Balaban J connectivity index is 0. The molecule has 0 aromatic rings. The van der Waals surface area contributed by atoms with Crippen molar-refractivity contribution >= 4 is 40.0 Å². The molecule has 0 spiro atoms. The van der Waals surface area contributed by atoms with E-state index in [4.69, 9.17) is 0 Å². The van der Waals surface area contributed by atoms with Gasteiger partial charge in [-0.15, -0.1) is 24.0 Å². The van der Waals surface area contributed by atoms with E-state index in [1.54, 1.807) is 14.0 Å². The number of nitrogens with one attached hydrogen (secondary N) is 3. The molecule has 0 radical (unpaired) electrons. The second-order valence-electron chi connectivity index (χ2n) is 3.93. The lowest BCUT2D eigenvalue weighted by atomic mass is 10.3. The quantitative estimate of drug-likeness (QED) is 0.230. The zero-order chi connectivity index (χ0) is 13.9. The summed E-state index contributed by atoms with van der Waals surface area (Å²) >= 11 is 0. The molecule has 0 unspecified atom stereocenters. The van der Waals surface area contributed by atoms with E-state index in [-0.39, 0.29) is 29.7 Å². The van der Waals surface area contributed by atoms with Crippen molar-refractivity contribution in [3.05, 3.63) is 0 Å². The molecule has 0 rings (SSSR count). The number of aliphatic imine (C=N–C) groups is 1. The third-order valence-corrected chi connectivity index (χ3v) is 3.80. The highest BCUT2D eigenvalue weighted by molar-refractivity contribution is 14.0. The van der Waals surface area contributed by atoms with E-state index in [1.807, 2.05) is 0 Å². The Hall–Kier alpha value is -0.0900. The predicted octanol–water partition coefficient (Wildman–Crippen LogP) is 0.899. The first-order valence-corrected chi connectivity index (χ1v) is 8.12. The van der Waals surface area contributed by atoms with E-state index in [0.717, 1.165) is 31.8 Å².